The van der Waals surface area contributed by atoms with Crippen molar-refractivity contribution in [2.45, 2.75) is 0 Å². The molecule has 1 heterocycles. The fraction of sp³-hybridized carbons (Fsp3) is 0. The number of hydrogen-bond acceptors (Lipinski definition) is 8. The van der Waals surface area contributed by atoms with Gasteiger partial charge in [-0.1, -0.05) is 0 Å². The zero-order valence-electron chi connectivity index (χ0n) is 10.4. The van der Waals surface area contributed by atoms with Gasteiger partial charge in [-0.15, -0.1) is 0 Å². The first-order valence-electron chi connectivity index (χ1n) is 5.49. The van der Waals surface area contributed by atoms with Gasteiger partial charge < -0.3 is 10.7 Å². The number of halogens is 1. The Labute approximate surface area is 117 Å². The number of hydrazine groups is 1. The highest BCUT2D eigenvalue weighted by molar-refractivity contribution is 5.75. The molecule has 0 fully saturated rings. The number of benzene rings is 1. The van der Waals surface area contributed by atoms with Gasteiger partial charge in [0.15, 0.2) is 0 Å². The van der Waals surface area contributed by atoms with Crippen LogP contribution in [0, 0.1) is 27.3 Å². The third-order valence-electron chi connectivity index (χ3n) is 2.50. The van der Waals surface area contributed by atoms with Crippen LogP contribution in [0.5, 0.6) is 0 Å². The highest BCUT2D eigenvalue weighted by Gasteiger charge is 2.23. The largest absolute Gasteiger partial charge is 0.354 e. The van der Waals surface area contributed by atoms with E-state index in [9.17, 15) is 14.5 Å². The number of nitro groups is 1. The molecule has 0 atom stereocenters. The summed E-state index contributed by atoms with van der Waals surface area (Å²) in [6, 6.07) is 5.16. The molecule has 1 aromatic carbocycles. The maximum Gasteiger partial charge on any atom is 0.354 e. The monoisotopic (exact) mass is 289 g/mol. The van der Waals surface area contributed by atoms with Crippen molar-refractivity contribution in [1.82, 2.24) is 9.97 Å². The van der Waals surface area contributed by atoms with Crippen LogP contribution in [0.4, 0.5) is 27.4 Å². The van der Waals surface area contributed by atoms with Gasteiger partial charge in [0.25, 0.3) is 0 Å². The molecule has 0 saturated carbocycles. The molecule has 4 N–H and O–H groups in total. The van der Waals surface area contributed by atoms with Crippen molar-refractivity contribution >= 4 is 23.0 Å². The van der Waals surface area contributed by atoms with E-state index in [4.69, 9.17) is 11.1 Å². The van der Waals surface area contributed by atoms with E-state index < -0.39 is 16.4 Å². The number of aromatic nitrogens is 2. The Kier molecular flexibility index (Phi) is 3.87. The van der Waals surface area contributed by atoms with Crippen molar-refractivity contribution < 1.29 is 9.31 Å². The fourth-order valence-electron chi connectivity index (χ4n) is 1.59. The van der Waals surface area contributed by atoms with Gasteiger partial charge in [0.2, 0.25) is 11.6 Å². The lowest BCUT2D eigenvalue weighted by molar-refractivity contribution is -0.383. The first-order valence-corrected chi connectivity index (χ1v) is 5.49. The Bertz CT molecular complexity index is 744. The summed E-state index contributed by atoms with van der Waals surface area (Å²) in [6.45, 7) is 0. The van der Waals surface area contributed by atoms with Crippen LogP contribution in [0.2, 0.25) is 0 Å². The number of nitrogens with one attached hydrogen (secondary N) is 2. The quantitative estimate of drug-likeness (QED) is 0.435. The van der Waals surface area contributed by atoms with Crippen LogP contribution in [0.1, 0.15) is 5.56 Å². The smallest absolute Gasteiger partial charge is 0.333 e. The highest BCUT2D eigenvalue weighted by Crippen LogP contribution is 2.31. The molecule has 1 aromatic heterocycles. The summed E-state index contributed by atoms with van der Waals surface area (Å²) in [4.78, 5) is 17.7. The molecule has 0 unspecified atom stereocenters. The third kappa shape index (κ3) is 2.82. The van der Waals surface area contributed by atoms with Gasteiger partial charge in [0.1, 0.15) is 18.2 Å². The normalized spacial score (nSPS) is 9.76. The second-order valence-electron chi connectivity index (χ2n) is 3.75. The van der Waals surface area contributed by atoms with Crippen molar-refractivity contribution in [1.29, 1.82) is 5.26 Å². The predicted molar refractivity (Wildman–Crippen MR) is 70.9 cm³/mol. The number of nitrogens with two attached hydrogens (primary N) is 1. The van der Waals surface area contributed by atoms with E-state index in [-0.39, 0.29) is 22.9 Å². The first kappa shape index (κ1) is 14.1. The van der Waals surface area contributed by atoms with Crippen LogP contribution in [-0.4, -0.2) is 14.9 Å². The second kappa shape index (κ2) is 5.76. The van der Waals surface area contributed by atoms with Gasteiger partial charge in [-0.25, -0.2) is 20.2 Å². The van der Waals surface area contributed by atoms with Crippen molar-refractivity contribution in [3.05, 3.63) is 46.0 Å². The van der Waals surface area contributed by atoms with Crippen LogP contribution < -0.4 is 16.6 Å². The minimum atomic E-state index is -0.729. The predicted octanol–water partition coefficient (Wildman–Crippen LogP) is 1.42. The highest BCUT2D eigenvalue weighted by atomic mass is 19.1. The van der Waals surface area contributed by atoms with Crippen LogP contribution >= 0.6 is 0 Å². The van der Waals surface area contributed by atoms with Crippen LogP contribution in [0.15, 0.2) is 24.5 Å². The van der Waals surface area contributed by atoms with Gasteiger partial charge in [0.05, 0.1) is 16.2 Å². The first-order chi connectivity index (χ1) is 10.1. The number of nitriles is 1. The summed E-state index contributed by atoms with van der Waals surface area (Å²) in [7, 11) is 0. The second-order valence-corrected chi connectivity index (χ2v) is 3.75. The molecule has 0 radical (unpaired) electrons. The molecule has 2 aromatic rings. The molecule has 9 nitrogen and oxygen atoms in total. The number of nitrogens with zero attached hydrogens (tertiary/aromatic N) is 4. The SMILES string of the molecule is N#Cc1cc(F)ccc1Nc1ncnc(NN)c1[N+](=O)[O-]. The maximum absolute atomic E-state index is 13.1. The number of anilines is 3. The molecule has 21 heavy (non-hydrogen) atoms. The standard InChI is InChI=1S/C11H8FN7O2/c12-7-1-2-8(6(3-7)4-13)17-10-9(19(20)21)11(18-14)16-5-15-10/h1-3,5H,14H2,(H2,15,16,17,18). The lowest BCUT2D eigenvalue weighted by Crippen LogP contribution is -2.13. The van der Waals surface area contributed by atoms with Crippen LogP contribution in [-0.2, 0) is 0 Å². The molecule has 2 rings (SSSR count). The summed E-state index contributed by atoms with van der Waals surface area (Å²) >= 11 is 0. The van der Waals surface area contributed by atoms with E-state index in [1.807, 2.05) is 0 Å². The van der Waals surface area contributed by atoms with E-state index in [1.54, 1.807) is 6.07 Å². The lowest BCUT2D eigenvalue weighted by Gasteiger charge is -2.09. The number of nitrogen functional groups attached to an aromatic ring is 1. The zero-order valence-corrected chi connectivity index (χ0v) is 10.4. The van der Waals surface area contributed by atoms with Crippen molar-refractivity contribution in [2.75, 3.05) is 10.7 Å². The maximum atomic E-state index is 13.1. The lowest BCUT2D eigenvalue weighted by atomic mass is 10.2. The number of hydrogen-bond donors (Lipinski definition) is 3. The summed E-state index contributed by atoms with van der Waals surface area (Å²) in [5.41, 5.74) is 1.74. The molecule has 0 aliphatic carbocycles. The van der Waals surface area contributed by atoms with Gasteiger partial charge in [0, 0.05) is 0 Å². The van der Waals surface area contributed by atoms with E-state index in [1.165, 1.54) is 6.07 Å². The third-order valence-corrected chi connectivity index (χ3v) is 2.50. The molecule has 106 valence electrons. The summed E-state index contributed by atoms with van der Waals surface area (Å²) < 4.78 is 13.1. The van der Waals surface area contributed by atoms with Crippen molar-refractivity contribution in [3.63, 3.8) is 0 Å². The summed E-state index contributed by atoms with van der Waals surface area (Å²) in [6.07, 6.45) is 1.06. The van der Waals surface area contributed by atoms with Crippen molar-refractivity contribution in [3.8, 4) is 6.07 Å². The molecule has 0 spiro atoms. The molecule has 0 aliphatic rings. The van der Waals surface area contributed by atoms with Gasteiger partial charge >= 0.3 is 5.69 Å². The number of rotatable bonds is 4. The van der Waals surface area contributed by atoms with E-state index in [0.29, 0.717) is 0 Å². The minimum absolute atomic E-state index is 0.0230. The van der Waals surface area contributed by atoms with Crippen LogP contribution in [0.25, 0.3) is 0 Å². The van der Waals surface area contributed by atoms with Crippen LogP contribution in [0.3, 0.4) is 0 Å². The van der Waals surface area contributed by atoms with Crippen molar-refractivity contribution in [2.24, 2.45) is 5.84 Å². The Hall–Kier alpha value is -3.32. The van der Waals surface area contributed by atoms with E-state index >= 15 is 0 Å². The van der Waals surface area contributed by atoms with Gasteiger partial charge in [-0.05, 0) is 18.2 Å². The Morgan fingerprint density at radius 3 is 2.71 bits per heavy atom. The topological polar surface area (TPSA) is 143 Å². The average molecular weight is 289 g/mol. The Morgan fingerprint density at radius 2 is 2.10 bits per heavy atom. The molecule has 0 amide bonds. The fourth-order valence-corrected chi connectivity index (χ4v) is 1.59. The molecule has 10 heteroatoms. The average Bonchev–Trinajstić information content (AvgIpc) is 2.48. The summed E-state index contributed by atoms with van der Waals surface area (Å²) in [5, 5.41) is 22.6. The molecular formula is C11H8FN7O2. The van der Waals surface area contributed by atoms with Gasteiger partial charge in [-0.2, -0.15) is 5.26 Å². The molecule has 0 aliphatic heterocycles. The molecule has 0 bridgehead atoms. The zero-order chi connectivity index (χ0) is 15.4. The van der Waals surface area contributed by atoms with E-state index in [0.717, 1.165) is 18.5 Å². The molecule has 0 saturated heterocycles. The Balaban J connectivity index is 2.50. The molecular weight excluding hydrogens is 281 g/mol. The Morgan fingerprint density at radius 1 is 1.38 bits per heavy atom. The van der Waals surface area contributed by atoms with Gasteiger partial charge in [-0.3, -0.25) is 10.1 Å². The van der Waals surface area contributed by atoms with E-state index in [2.05, 4.69) is 20.7 Å². The summed E-state index contributed by atoms with van der Waals surface area (Å²) in [5.74, 6) is 4.18. The minimum Gasteiger partial charge on any atom is -0.333 e.